The first-order valence-electron chi connectivity index (χ1n) is 7.88. The molecular formula is C17H20BrN5O. The van der Waals surface area contributed by atoms with Gasteiger partial charge in [0, 0.05) is 36.7 Å². The van der Waals surface area contributed by atoms with Crippen molar-refractivity contribution in [2.45, 2.75) is 6.92 Å². The van der Waals surface area contributed by atoms with Gasteiger partial charge < -0.3 is 15.1 Å². The van der Waals surface area contributed by atoms with Gasteiger partial charge in [0.1, 0.15) is 17.3 Å². The Morgan fingerprint density at radius 3 is 2.58 bits per heavy atom. The quantitative estimate of drug-likeness (QED) is 0.873. The molecule has 24 heavy (non-hydrogen) atoms. The summed E-state index contributed by atoms with van der Waals surface area (Å²) < 4.78 is 0.836. The maximum absolute atomic E-state index is 12.6. The van der Waals surface area contributed by atoms with E-state index in [-0.39, 0.29) is 5.91 Å². The van der Waals surface area contributed by atoms with Crippen LogP contribution in [0.4, 0.5) is 11.5 Å². The van der Waals surface area contributed by atoms with Gasteiger partial charge in [0.05, 0.1) is 5.69 Å². The van der Waals surface area contributed by atoms with Gasteiger partial charge in [-0.05, 0) is 42.0 Å². The van der Waals surface area contributed by atoms with E-state index in [2.05, 4.69) is 48.1 Å². The van der Waals surface area contributed by atoms with Crippen molar-refractivity contribution in [3.05, 3.63) is 46.3 Å². The molecule has 1 amide bonds. The number of carbonyl (C=O) groups is 1. The molecule has 0 atom stereocenters. The van der Waals surface area contributed by atoms with Crippen LogP contribution in [0.15, 0.2) is 34.8 Å². The molecular weight excluding hydrogens is 370 g/mol. The Bertz CT molecular complexity index is 744. The summed E-state index contributed by atoms with van der Waals surface area (Å²) in [6.07, 6.45) is 0. The van der Waals surface area contributed by atoms with Crippen LogP contribution < -0.4 is 10.2 Å². The Balaban J connectivity index is 1.80. The lowest BCUT2D eigenvalue weighted by molar-refractivity contribution is 0.102. The molecule has 1 fully saturated rings. The molecule has 1 aliphatic heterocycles. The standard InChI is InChI=1S/C17H20BrN5O/c1-12-19-15(17(24)21-14-6-4-3-5-13(14)18)11-16(20-12)23-9-7-22(2)8-10-23/h3-6,11H,7-10H2,1-2H3,(H,21,24). The van der Waals surface area contributed by atoms with Gasteiger partial charge in [-0.15, -0.1) is 0 Å². The molecule has 6 nitrogen and oxygen atoms in total. The average Bonchev–Trinajstić information content (AvgIpc) is 2.57. The molecule has 1 N–H and O–H groups in total. The van der Waals surface area contributed by atoms with E-state index in [0.717, 1.165) is 42.2 Å². The summed E-state index contributed by atoms with van der Waals surface area (Å²) in [5, 5.41) is 2.89. The molecule has 0 aliphatic carbocycles. The number of halogens is 1. The number of hydrogen-bond donors (Lipinski definition) is 1. The third kappa shape index (κ3) is 3.91. The molecule has 1 aliphatic rings. The van der Waals surface area contributed by atoms with E-state index in [1.54, 1.807) is 6.07 Å². The highest BCUT2D eigenvalue weighted by Crippen LogP contribution is 2.22. The molecule has 2 aromatic rings. The second kappa shape index (κ2) is 7.27. The zero-order valence-corrected chi connectivity index (χ0v) is 15.4. The lowest BCUT2D eigenvalue weighted by Crippen LogP contribution is -2.45. The van der Waals surface area contributed by atoms with Gasteiger partial charge in [0.25, 0.3) is 5.91 Å². The number of para-hydroxylation sites is 1. The number of carbonyl (C=O) groups excluding carboxylic acids is 1. The van der Waals surface area contributed by atoms with Gasteiger partial charge in [0.2, 0.25) is 0 Å². The zero-order chi connectivity index (χ0) is 17.1. The Labute approximate surface area is 150 Å². The van der Waals surface area contributed by atoms with Crippen molar-refractivity contribution in [1.82, 2.24) is 14.9 Å². The molecule has 0 radical (unpaired) electrons. The maximum atomic E-state index is 12.6. The molecule has 0 saturated carbocycles. The molecule has 7 heteroatoms. The summed E-state index contributed by atoms with van der Waals surface area (Å²) >= 11 is 3.43. The Kier molecular flexibility index (Phi) is 5.11. The first kappa shape index (κ1) is 16.9. The van der Waals surface area contributed by atoms with Crippen LogP contribution in [-0.4, -0.2) is 54.0 Å². The fraction of sp³-hybridized carbons (Fsp3) is 0.353. The lowest BCUT2D eigenvalue weighted by atomic mass is 10.2. The van der Waals surface area contributed by atoms with E-state index in [0.29, 0.717) is 11.5 Å². The van der Waals surface area contributed by atoms with E-state index in [9.17, 15) is 4.79 Å². The number of anilines is 2. The summed E-state index contributed by atoms with van der Waals surface area (Å²) in [6.45, 7) is 5.59. The number of aromatic nitrogens is 2. The fourth-order valence-corrected chi connectivity index (χ4v) is 3.00. The first-order valence-corrected chi connectivity index (χ1v) is 8.67. The van der Waals surface area contributed by atoms with Crippen molar-refractivity contribution in [3.8, 4) is 0 Å². The molecule has 0 spiro atoms. The number of aryl methyl sites for hydroxylation is 1. The van der Waals surface area contributed by atoms with E-state index in [4.69, 9.17) is 0 Å². The number of likely N-dealkylation sites (N-methyl/N-ethyl adjacent to an activating group) is 1. The fourth-order valence-electron chi connectivity index (χ4n) is 2.61. The number of nitrogens with zero attached hydrogens (tertiary/aromatic N) is 4. The summed E-state index contributed by atoms with van der Waals surface area (Å²) in [7, 11) is 2.11. The minimum absolute atomic E-state index is 0.234. The van der Waals surface area contributed by atoms with Crippen molar-refractivity contribution in [2.75, 3.05) is 43.4 Å². The minimum atomic E-state index is -0.234. The monoisotopic (exact) mass is 389 g/mol. The number of nitrogens with one attached hydrogen (secondary N) is 1. The van der Waals surface area contributed by atoms with Gasteiger partial charge in [0.15, 0.2) is 0 Å². The minimum Gasteiger partial charge on any atom is -0.354 e. The van der Waals surface area contributed by atoms with Crippen LogP contribution in [0.25, 0.3) is 0 Å². The van der Waals surface area contributed by atoms with Gasteiger partial charge in [-0.3, -0.25) is 4.79 Å². The SMILES string of the molecule is Cc1nc(C(=O)Nc2ccccc2Br)cc(N2CCN(C)CC2)n1. The summed E-state index contributed by atoms with van der Waals surface area (Å²) in [5.41, 5.74) is 1.10. The number of piperazine rings is 1. The van der Waals surface area contributed by atoms with Crippen LogP contribution >= 0.6 is 15.9 Å². The largest absolute Gasteiger partial charge is 0.354 e. The molecule has 0 unspecified atom stereocenters. The van der Waals surface area contributed by atoms with E-state index in [1.807, 2.05) is 31.2 Å². The molecule has 0 bridgehead atoms. The van der Waals surface area contributed by atoms with Gasteiger partial charge in [-0.2, -0.15) is 0 Å². The number of amides is 1. The van der Waals surface area contributed by atoms with Gasteiger partial charge in [-0.25, -0.2) is 9.97 Å². The predicted octanol–water partition coefficient (Wildman–Crippen LogP) is 2.55. The number of benzene rings is 1. The van der Waals surface area contributed by atoms with E-state index >= 15 is 0 Å². The Morgan fingerprint density at radius 1 is 1.17 bits per heavy atom. The lowest BCUT2D eigenvalue weighted by Gasteiger charge is -2.33. The maximum Gasteiger partial charge on any atom is 0.274 e. The number of hydrogen-bond acceptors (Lipinski definition) is 5. The van der Waals surface area contributed by atoms with Crippen LogP contribution in [0, 0.1) is 6.92 Å². The van der Waals surface area contributed by atoms with E-state index in [1.165, 1.54) is 0 Å². The van der Waals surface area contributed by atoms with Crippen LogP contribution in [-0.2, 0) is 0 Å². The van der Waals surface area contributed by atoms with Crippen molar-refractivity contribution in [2.24, 2.45) is 0 Å². The molecule has 1 aromatic carbocycles. The Hall–Kier alpha value is -1.99. The third-order valence-corrected chi connectivity index (χ3v) is 4.70. The number of rotatable bonds is 3. The molecule has 3 rings (SSSR count). The van der Waals surface area contributed by atoms with Crippen LogP contribution in [0.5, 0.6) is 0 Å². The highest BCUT2D eigenvalue weighted by molar-refractivity contribution is 9.10. The highest BCUT2D eigenvalue weighted by Gasteiger charge is 2.18. The second-order valence-corrected chi connectivity index (χ2v) is 6.74. The highest BCUT2D eigenvalue weighted by atomic mass is 79.9. The van der Waals surface area contributed by atoms with Crippen LogP contribution in [0.3, 0.4) is 0 Å². The van der Waals surface area contributed by atoms with Crippen LogP contribution in [0.2, 0.25) is 0 Å². The first-order chi connectivity index (χ1) is 11.5. The summed E-state index contributed by atoms with van der Waals surface area (Å²) in [6, 6.07) is 9.28. The molecule has 126 valence electrons. The van der Waals surface area contributed by atoms with Crippen molar-refractivity contribution in [3.63, 3.8) is 0 Å². The molecule has 1 saturated heterocycles. The average molecular weight is 390 g/mol. The smallest absolute Gasteiger partial charge is 0.274 e. The van der Waals surface area contributed by atoms with Crippen LogP contribution in [0.1, 0.15) is 16.3 Å². The zero-order valence-electron chi connectivity index (χ0n) is 13.8. The summed E-state index contributed by atoms with van der Waals surface area (Å²) in [5.74, 6) is 1.18. The van der Waals surface area contributed by atoms with E-state index < -0.39 is 0 Å². The summed E-state index contributed by atoms with van der Waals surface area (Å²) in [4.78, 5) is 25.8. The molecule has 1 aromatic heterocycles. The topological polar surface area (TPSA) is 61.4 Å². The van der Waals surface area contributed by atoms with Gasteiger partial charge in [-0.1, -0.05) is 12.1 Å². The second-order valence-electron chi connectivity index (χ2n) is 5.88. The van der Waals surface area contributed by atoms with Crippen molar-refractivity contribution in [1.29, 1.82) is 0 Å². The van der Waals surface area contributed by atoms with Crippen molar-refractivity contribution < 1.29 is 4.79 Å². The third-order valence-electron chi connectivity index (χ3n) is 4.01. The Morgan fingerprint density at radius 2 is 1.88 bits per heavy atom. The normalized spacial score (nSPS) is 15.4. The molecule has 2 heterocycles. The van der Waals surface area contributed by atoms with Gasteiger partial charge >= 0.3 is 0 Å². The van der Waals surface area contributed by atoms with Crippen molar-refractivity contribution >= 4 is 33.3 Å². The predicted molar refractivity (Wildman–Crippen MR) is 98.6 cm³/mol.